The van der Waals surface area contributed by atoms with Crippen LogP contribution in [0.3, 0.4) is 0 Å². The Morgan fingerprint density at radius 1 is 1.61 bits per heavy atom. The van der Waals surface area contributed by atoms with Crippen LogP contribution in [0.25, 0.3) is 0 Å². The van der Waals surface area contributed by atoms with Crippen LogP contribution in [0.15, 0.2) is 11.4 Å². The zero-order valence-electron chi connectivity index (χ0n) is 10.2. The average Bonchev–Trinajstić information content (AvgIpc) is 2.26. The third-order valence-corrected chi connectivity index (χ3v) is 3.20. The van der Waals surface area contributed by atoms with E-state index in [1.807, 2.05) is 22.6 Å². The van der Waals surface area contributed by atoms with Crippen molar-refractivity contribution >= 4 is 40.5 Å². The second kappa shape index (κ2) is 5.59. The number of carbonyl (C=O) groups is 1. The van der Waals surface area contributed by atoms with Gasteiger partial charge in [-0.2, -0.15) is 0 Å². The molecular formula is C11H13FIN3O2. The van der Waals surface area contributed by atoms with Gasteiger partial charge in [0.1, 0.15) is 5.82 Å². The van der Waals surface area contributed by atoms with Crippen LogP contribution in [0.2, 0.25) is 0 Å². The van der Waals surface area contributed by atoms with Crippen molar-refractivity contribution in [1.82, 2.24) is 4.98 Å². The molecule has 2 N–H and O–H groups in total. The van der Waals surface area contributed by atoms with Crippen molar-refractivity contribution < 1.29 is 14.4 Å². The third kappa shape index (κ3) is 3.37. The molecule has 0 aliphatic rings. The highest BCUT2D eigenvalue weighted by Gasteiger charge is 2.23. The Morgan fingerprint density at radius 2 is 2.22 bits per heavy atom. The fourth-order valence-corrected chi connectivity index (χ4v) is 1.71. The first-order chi connectivity index (χ1) is 8.27. The normalized spacial score (nSPS) is 11.8. The summed E-state index contributed by atoms with van der Waals surface area (Å²) in [4.78, 5) is 15.6. The Bertz CT molecular complexity index is 498. The summed E-state index contributed by atoms with van der Waals surface area (Å²) in [5.41, 5.74) is -0.498. The van der Waals surface area contributed by atoms with Gasteiger partial charge in [0, 0.05) is 5.41 Å². The van der Waals surface area contributed by atoms with Gasteiger partial charge in [0.25, 0.3) is 0 Å². The molecule has 0 atom stereocenters. The number of rotatable bonds is 2. The van der Waals surface area contributed by atoms with Gasteiger partial charge in [-0.15, -0.1) is 0 Å². The van der Waals surface area contributed by atoms with Crippen LogP contribution >= 0.6 is 22.6 Å². The van der Waals surface area contributed by atoms with Crippen LogP contribution in [0.5, 0.6) is 0 Å². The summed E-state index contributed by atoms with van der Waals surface area (Å²) in [6.45, 7) is 5.28. The molecule has 0 aromatic carbocycles. The molecule has 0 radical (unpaired) electrons. The monoisotopic (exact) mass is 365 g/mol. The summed E-state index contributed by atoms with van der Waals surface area (Å²) >= 11 is 1.83. The lowest BCUT2D eigenvalue weighted by molar-refractivity contribution is -0.123. The summed E-state index contributed by atoms with van der Waals surface area (Å²) in [7, 11) is 0. The zero-order valence-corrected chi connectivity index (χ0v) is 12.3. The minimum absolute atomic E-state index is 0.0808. The van der Waals surface area contributed by atoms with E-state index in [-0.39, 0.29) is 17.3 Å². The van der Waals surface area contributed by atoms with Gasteiger partial charge < -0.3 is 10.5 Å². The van der Waals surface area contributed by atoms with E-state index in [9.17, 15) is 9.18 Å². The minimum atomic E-state index is -0.619. The van der Waals surface area contributed by atoms with Crippen molar-refractivity contribution in [3.8, 4) is 0 Å². The van der Waals surface area contributed by atoms with Crippen molar-refractivity contribution in [3.63, 3.8) is 0 Å². The molecule has 0 bridgehead atoms. The van der Waals surface area contributed by atoms with Gasteiger partial charge in [-0.05, 0) is 22.6 Å². The lowest BCUT2D eigenvalue weighted by Gasteiger charge is -2.18. The van der Waals surface area contributed by atoms with Gasteiger partial charge in [0.2, 0.25) is 5.91 Å². The average molecular weight is 365 g/mol. The maximum absolute atomic E-state index is 13.4. The molecule has 0 unspecified atom stereocenters. The summed E-state index contributed by atoms with van der Waals surface area (Å²) in [6, 6.07) is 0. The molecule has 1 aromatic rings. The van der Waals surface area contributed by atoms with E-state index in [2.05, 4.69) is 15.5 Å². The highest BCUT2D eigenvalue weighted by Crippen LogP contribution is 2.23. The molecule has 18 heavy (non-hydrogen) atoms. The first kappa shape index (κ1) is 14.8. The van der Waals surface area contributed by atoms with E-state index < -0.39 is 11.2 Å². The Hall–Kier alpha value is -1.25. The lowest BCUT2D eigenvalue weighted by atomic mass is 9.96. The van der Waals surface area contributed by atoms with Crippen LogP contribution in [-0.2, 0) is 4.79 Å². The van der Waals surface area contributed by atoms with E-state index in [0.717, 1.165) is 12.4 Å². The van der Waals surface area contributed by atoms with E-state index in [1.54, 1.807) is 20.8 Å². The number of aromatic nitrogens is 1. The molecule has 98 valence electrons. The number of anilines is 1. The Morgan fingerprint density at radius 3 is 2.72 bits per heavy atom. The van der Waals surface area contributed by atoms with Crippen molar-refractivity contribution in [2.75, 3.05) is 5.32 Å². The Balaban J connectivity index is 3.13. The second-order valence-corrected chi connectivity index (χ2v) is 5.71. The number of amides is 1. The van der Waals surface area contributed by atoms with E-state index in [1.165, 1.54) is 0 Å². The van der Waals surface area contributed by atoms with Crippen molar-refractivity contribution in [2.45, 2.75) is 20.8 Å². The number of carbonyl (C=O) groups excluding carboxylic acids is 1. The molecule has 1 rings (SSSR count). The number of hydrogen-bond acceptors (Lipinski definition) is 4. The molecule has 0 aliphatic heterocycles. The standard InChI is InChI=1S/C11H13FIN3O2/c1-11(2,3)10(17)16-9-8(13)6(4-15-18)7(12)5-14-9/h4-5,18H,1-3H3,(H,14,16,17)/b15-4+. The highest BCUT2D eigenvalue weighted by atomic mass is 127. The molecule has 1 amide bonds. The van der Waals surface area contributed by atoms with Gasteiger partial charge in [0.05, 0.1) is 21.5 Å². The quantitative estimate of drug-likeness (QED) is 0.366. The molecule has 0 saturated carbocycles. The fourth-order valence-electron chi connectivity index (χ4n) is 1.04. The zero-order chi connectivity index (χ0) is 13.9. The van der Waals surface area contributed by atoms with E-state index in [4.69, 9.17) is 5.21 Å². The number of nitrogens with one attached hydrogen (secondary N) is 1. The van der Waals surface area contributed by atoms with E-state index >= 15 is 0 Å². The Labute approximate surface area is 118 Å². The van der Waals surface area contributed by atoms with Crippen LogP contribution < -0.4 is 5.32 Å². The van der Waals surface area contributed by atoms with Gasteiger partial charge in [-0.25, -0.2) is 9.37 Å². The summed E-state index contributed by atoms with van der Waals surface area (Å²) in [5, 5.41) is 13.9. The largest absolute Gasteiger partial charge is 0.411 e. The predicted molar refractivity (Wildman–Crippen MR) is 74.4 cm³/mol. The summed E-state index contributed by atoms with van der Waals surface area (Å²) in [5.74, 6) is -0.607. The van der Waals surface area contributed by atoms with Crippen molar-refractivity contribution in [1.29, 1.82) is 0 Å². The minimum Gasteiger partial charge on any atom is -0.411 e. The molecule has 1 aromatic heterocycles. The van der Waals surface area contributed by atoms with Crippen molar-refractivity contribution in [2.24, 2.45) is 10.6 Å². The molecule has 0 spiro atoms. The molecule has 1 heterocycles. The van der Waals surface area contributed by atoms with Crippen molar-refractivity contribution in [3.05, 3.63) is 21.1 Å². The third-order valence-electron chi connectivity index (χ3n) is 2.11. The summed E-state index contributed by atoms with van der Waals surface area (Å²) < 4.78 is 13.8. The Kier molecular flexibility index (Phi) is 4.60. The first-order valence-corrected chi connectivity index (χ1v) is 6.18. The molecule has 7 heteroatoms. The maximum atomic E-state index is 13.4. The lowest BCUT2D eigenvalue weighted by Crippen LogP contribution is -2.28. The molecular weight excluding hydrogens is 352 g/mol. The number of nitrogens with zero attached hydrogens (tertiary/aromatic N) is 2. The van der Waals surface area contributed by atoms with E-state index in [0.29, 0.717) is 3.57 Å². The molecule has 0 aliphatic carbocycles. The SMILES string of the molecule is CC(C)(C)C(=O)Nc1ncc(F)c(/C=N/O)c1I. The topological polar surface area (TPSA) is 74.6 Å². The maximum Gasteiger partial charge on any atom is 0.230 e. The first-order valence-electron chi connectivity index (χ1n) is 5.10. The molecule has 0 saturated heterocycles. The number of halogens is 2. The second-order valence-electron chi connectivity index (χ2n) is 4.63. The predicted octanol–water partition coefficient (Wildman–Crippen LogP) is 2.62. The summed E-state index contributed by atoms with van der Waals surface area (Å²) in [6.07, 6.45) is 1.93. The molecule has 5 nitrogen and oxygen atoms in total. The number of pyridine rings is 1. The number of oxime groups is 1. The van der Waals surface area contributed by atoms with Crippen LogP contribution in [0.1, 0.15) is 26.3 Å². The van der Waals surface area contributed by atoms with Gasteiger partial charge in [0.15, 0.2) is 5.82 Å². The van der Waals surface area contributed by atoms with Gasteiger partial charge in [-0.1, -0.05) is 25.9 Å². The van der Waals surface area contributed by atoms with Gasteiger partial charge >= 0.3 is 0 Å². The van der Waals surface area contributed by atoms with Crippen LogP contribution in [0, 0.1) is 14.8 Å². The fraction of sp³-hybridized carbons (Fsp3) is 0.364. The smallest absolute Gasteiger partial charge is 0.230 e. The van der Waals surface area contributed by atoms with Gasteiger partial charge in [-0.3, -0.25) is 4.79 Å². The highest BCUT2D eigenvalue weighted by molar-refractivity contribution is 14.1. The van der Waals surface area contributed by atoms with Crippen LogP contribution in [0.4, 0.5) is 10.2 Å². The van der Waals surface area contributed by atoms with Crippen LogP contribution in [-0.4, -0.2) is 22.3 Å². The molecule has 0 fully saturated rings. The number of hydrogen-bond donors (Lipinski definition) is 2.